The van der Waals surface area contributed by atoms with Crippen LogP contribution in [0, 0.1) is 10.1 Å². The number of rotatable bonds is 5. The van der Waals surface area contributed by atoms with Crippen molar-refractivity contribution in [3.8, 4) is 0 Å². The van der Waals surface area contributed by atoms with E-state index in [4.69, 9.17) is 0 Å². The van der Waals surface area contributed by atoms with Gasteiger partial charge in [-0.2, -0.15) is 0 Å². The summed E-state index contributed by atoms with van der Waals surface area (Å²) in [5.74, 6) is 0.989. The lowest BCUT2D eigenvalue weighted by Gasteiger charge is -2.33. The molecule has 2 aromatic rings. The van der Waals surface area contributed by atoms with Gasteiger partial charge in [0.15, 0.2) is 0 Å². The monoisotopic (exact) mass is 368 g/mol. The Bertz CT molecular complexity index is 831. The zero-order chi connectivity index (χ0) is 18.8. The van der Waals surface area contributed by atoms with Crippen molar-refractivity contribution in [2.24, 2.45) is 0 Å². The number of hydrogen-bond donors (Lipinski definition) is 2. The normalized spacial score (nSPS) is 16.7. The van der Waals surface area contributed by atoms with Gasteiger partial charge < -0.3 is 20.4 Å². The average molecular weight is 368 g/mol. The first-order valence-electron chi connectivity index (χ1n) is 9.28. The van der Waals surface area contributed by atoms with Crippen LogP contribution in [0.15, 0.2) is 30.5 Å². The molecule has 1 aromatic heterocycles. The summed E-state index contributed by atoms with van der Waals surface area (Å²) in [6, 6.07) is 7.43. The Labute approximate surface area is 158 Å². The van der Waals surface area contributed by atoms with Crippen LogP contribution in [0.3, 0.4) is 0 Å². The van der Waals surface area contributed by atoms with Crippen molar-refractivity contribution in [3.63, 3.8) is 0 Å². The third kappa shape index (κ3) is 3.66. The lowest BCUT2D eigenvalue weighted by atomic mass is 10.1. The molecule has 0 amide bonds. The average Bonchev–Trinajstić information content (AvgIpc) is 3.16. The van der Waals surface area contributed by atoms with E-state index in [9.17, 15) is 10.1 Å². The van der Waals surface area contributed by atoms with Crippen molar-refractivity contribution >= 4 is 22.9 Å². The maximum atomic E-state index is 11.4. The largest absolute Gasteiger partial charge is 0.384 e. The third-order valence-corrected chi connectivity index (χ3v) is 5.28. The fourth-order valence-electron chi connectivity index (χ4n) is 3.67. The molecule has 2 aliphatic rings. The van der Waals surface area contributed by atoms with Crippen LogP contribution in [0.25, 0.3) is 0 Å². The molecule has 1 saturated heterocycles. The van der Waals surface area contributed by atoms with Crippen LogP contribution in [0.5, 0.6) is 0 Å². The molecule has 8 heteroatoms. The van der Waals surface area contributed by atoms with Crippen LogP contribution >= 0.6 is 0 Å². The molecule has 0 bridgehead atoms. The number of nitro benzene ring substituents is 1. The van der Waals surface area contributed by atoms with E-state index < -0.39 is 0 Å². The van der Waals surface area contributed by atoms with Gasteiger partial charge >= 0.3 is 0 Å². The Morgan fingerprint density at radius 2 is 2.04 bits per heavy atom. The fourth-order valence-corrected chi connectivity index (χ4v) is 3.67. The van der Waals surface area contributed by atoms with Crippen LogP contribution in [-0.2, 0) is 13.0 Å². The minimum atomic E-state index is -0.324. The van der Waals surface area contributed by atoms with Gasteiger partial charge in [0, 0.05) is 62.8 Å². The Balaban J connectivity index is 1.46. The number of piperazine rings is 1. The van der Waals surface area contributed by atoms with Gasteiger partial charge in [-0.25, -0.2) is 4.98 Å². The summed E-state index contributed by atoms with van der Waals surface area (Å²) in [5, 5.41) is 17.9. The first-order chi connectivity index (χ1) is 13.1. The highest BCUT2D eigenvalue weighted by atomic mass is 16.6. The second-order valence-corrected chi connectivity index (χ2v) is 7.09. The quantitative estimate of drug-likeness (QED) is 0.619. The smallest absolute Gasteiger partial charge is 0.292 e. The summed E-state index contributed by atoms with van der Waals surface area (Å²) < 4.78 is 0. The van der Waals surface area contributed by atoms with E-state index in [2.05, 4.69) is 32.5 Å². The highest BCUT2D eigenvalue weighted by Crippen LogP contribution is 2.37. The van der Waals surface area contributed by atoms with Crippen molar-refractivity contribution in [2.75, 3.05) is 55.3 Å². The van der Waals surface area contributed by atoms with Crippen LogP contribution in [0.1, 0.15) is 11.1 Å². The number of nitrogens with one attached hydrogen (secondary N) is 2. The van der Waals surface area contributed by atoms with Crippen molar-refractivity contribution < 1.29 is 4.92 Å². The van der Waals surface area contributed by atoms with Crippen LogP contribution in [-0.4, -0.2) is 54.6 Å². The molecule has 2 N–H and O–H groups in total. The van der Waals surface area contributed by atoms with Gasteiger partial charge in [-0.15, -0.1) is 0 Å². The Morgan fingerprint density at radius 3 is 2.74 bits per heavy atom. The minimum absolute atomic E-state index is 0.125. The topological polar surface area (TPSA) is 86.6 Å². The minimum Gasteiger partial charge on any atom is -0.384 e. The van der Waals surface area contributed by atoms with E-state index in [1.807, 2.05) is 18.3 Å². The summed E-state index contributed by atoms with van der Waals surface area (Å²) in [6.07, 6.45) is 2.65. The molecular formula is C19H24N6O2. The molecule has 8 nitrogen and oxygen atoms in total. The van der Waals surface area contributed by atoms with Gasteiger partial charge in [0.25, 0.3) is 5.69 Å². The second-order valence-electron chi connectivity index (χ2n) is 7.09. The predicted octanol–water partition coefficient (Wildman–Crippen LogP) is 2.32. The molecule has 0 radical (unpaired) electrons. The molecule has 2 aliphatic heterocycles. The number of aromatic nitrogens is 1. The molecule has 142 valence electrons. The number of nitro groups is 1. The number of likely N-dealkylation sites (N-methyl/N-ethyl adjacent to an activating group) is 1. The molecule has 1 aromatic carbocycles. The number of nitrogens with zero attached hydrogens (tertiary/aromatic N) is 4. The molecule has 0 aliphatic carbocycles. The number of benzene rings is 1. The summed E-state index contributed by atoms with van der Waals surface area (Å²) in [4.78, 5) is 20.3. The van der Waals surface area contributed by atoms with Crippen LogP contribution in [0.4, 0.5) is 22.9 Å². The third-order valence-electron chi connectivity index (χ3n) is 5.28. The van der Waals surface area contributed by atoms with Gasteiger partial charge in [-0.05, 0) is 31.2 Å². The molecular weight excluding hydrogens is 344 g/mol. The van der Waals surface area contributed by atoms with Gasteiger partial charge in [0.2, 0.25) is 0 Å². The number of anilines is 3. The maximum absolute atomic E-state index is 11.4. The molecule has 0 spiro atoms. The Kier molecular flexibility index (Phi) is 4.81. The van der Waals surface area contributed by atoms with E-state index in [1.165, 1.54) is 0 Å². The lowest BCUT2D eigenvalue weighted by molar-refractivity contribution is -0.384. The van der Waals surface area contributed by atoms with Crippen LogP contribution < -0.4 is 15.5 Å². The number of hydrogen-bond acceptors (Lipinski definition) is 7. The molecule has 0 atom stereocenters. The van der Waals surface area contributed by atoms with Gasteiger partial charge in [-0.3, -0.25) is 10.1 Å². The van der Waals surface area contributed by atoms with E-state index in [-0.39, 0.29) is 10.6 Å². The molecule has 3 heterocycles. The highest BCUT2D eigenvalue weighted by Gasteiger charge is 2.23. The molecule has 0 unspecified atom stereocenters. The van der Waals surface area contributed by atoms with E-state index in [1.54, 1.807) is 12.1 Å². The van der Waals surface area contributed by atoms with Crippen molar-refractivity contribution in [3.05, 3.63) is 51.7 Å². The Hall–Kier alpha value is -2.87. The molecule has 4 rings (SSSR count). The van der Waals surface area contributed by atoms with Crippen LogP contribution in [0.2, 0.25) is 0 Å². The zero-order valence-electron chi connectivity index (χ0n) is 15.4. The molecule has 27 heavy (non-hydrogen) atoms. The standard InChI is InChI=1S/C19H24N6O2/c1-23-8-10-24(11-9-23)18-5-2-14(12-21-18)13-22-19-15-6-7-20-16(15)3-4-17(19)25(26)27/h2-5,12,20,22H,6-11,13H2,1H3. The molecule has 0 saturated carbocycles. The first-order valence-corrected chi connectivity index (χ1v) is 9.28. The molecule has 1 fully saturated rings. The summed E-state index contributed by atoms with van der Waals surface area (Å²) in [5.41, 5.74) is 3.72. The van der Waals surface area contributed by atoms with Gasteiger partial charge in [-0.1, -0.05) is 6.07 Å². The zero-order valence-corrected chi connectivity index (χ0v) is 15.4. The predicted molar refractivity (Wildman–Crippen MR) is 107 cm³/mol. The van der Waals surface area contributed by atoms with Crippen molar-refractivity contribution in [1.29, 1.82) is 0 Å². The fraction of sp³-hybridized carbons (Fsp3) is 0.421. The van der Waals surface area contributed by atoms with Crippen molar-refractivity contribution in [1.82, 2.24) is 9.88 Å². The second kappa shape index (κ2) is 7.40. The van der Waals surface area contributed by atoms with E-state index in [0.717, 1.165) is 61.8 Å². The van der Waals surface area contributed by atoms with E-state index >= 15 is 0 Å². The number of pyridine rings is 1. The van der Waals surface area contributed by atoms with Crippen molar-refractivity contribution in [2.45, 2.75) is 13.0 Å². The SMILES string of the molecule is CN1CCN(c2ccc(CNc3c([N+](=O)[O-])ccc4c3CCN4)cn2)CC1. The van der Waals surface area contributed by atoms with E-state index in [0.29, 0.717) is 12.2 Å². The summed E-state index contributed by atoms with van der Waals surface area (Å²) >= 11 is 0. The summed E-state index contributed by atoms with van der Waals surface area (Å²) in [6.45, 7) is 5.37. The van der Waals surface area contributed by atoms with Gasteiger partial charge in [0.1, 0.15) is 11.5 Å². The number of fused-ring (bicyclic) bond motifs is 1. The maximum Gasteiger partial charge on any atom is 0.292 e. The summed E-state index contributed by atoms with van der Waals surface area (Å²) in [7, 11) is 2.13. The first kappa shape index (κ1) is 17.5. The Morgan fingerprint density at radius 1 is 1.22 bits per heavy atom. The highest BCUT2D eigenvalue weighted by molar-refractivity contribution is 5.77. The lowest BCUT2D eigenvalue weighted by Crippen LogP contribution is -2.44. The van der Waals surface area contributed by atoms with Gasteiger partial charge in [0.05, 0.1) is 4.92 Å².